The van der Waals surface area contributed by atoms with E-state index in [1.165, 1.54) is 5.82 Å². The Morgan fingerprint density at radius 2 is 2.56 bits per heavy atom. The van der Waals surface area contributed by atoms with E-state index in [2.05, 4.69) is 20.7 Å². The molecule has 2 rings (SSSR count). The van der Waals surface area contributed by atoms with Gasteiger partial charge in [-0.05, 0) is 0 Å². The summed E-state index contributed by atoms with van der Waals surface area (Å²) in [6, 6.07) is 2.11. The Kier molecular flexibility index (Phi) is 1.93. The molecule has 50 valence electrons. The van der Waals surface area contributed by atoms with E-state index >= 15 is 0 Å². The summed E-state index contributed by atoms with van der Waals surface area (Å²) < 4.78 is 2.25. The lowest BCUT2D eigenvalue weighted by Crippen LogP contribution is -3.00. The molecule has 1 N–H and O–H groups in total. The maximum Gasteiger partial charge on any atom is 0.286 e. The summed E-state index contributed by atoms with van der Waals surface area (Å²) in [5.41, 5.74) is 0. The number of anilines is 1. The van der Waals surface area contributed by atoms with Crippen LogP contribution in [-0.4, -0.2) is 6.54 Å². The van der Waals surface area contributed by atoms with E-state index in [9.17, 15) is 0 Å². The maximum absolute atomic E-state index is 3.25. The third kappa shape index (κ3) is 1.02. The second kappa shape index (κ2) is 2.54. The lowest BCUT2D eigenvalue weighted by molar-refractivity contribution is -0.600. The SMILES string of the molecule is [Cl-].c1cc2[n+](s1)CCN2. The minimum Gasteiger partial charge on any atom is -1.00 e. The van der Waals surface area contributed by atoms with Gasteiger partial charge in [0, 0.05) is 23.0 Å². The monoisotopic (exact) mass is 162 g/mol. The molecule has 0 unspecified atom stereocenters. The highest BCUT2D eigenvalue weighted by atomic mass is 35.5. The summed E-state index contributed by atoms with van der Waals surface area (Å²) in [5.74, 6) is 1.27. The Balaban J connectivity index is 0.000000405. The van der Waals surface area contributed by atoms with E-state index in [0.717, 1.165) is 13.1 Å². The Bertz CT molecular complexity index is 180. The summed E-state index contributed by atoms with van der Waals surface area (Å²) in [7, 11) is 0. The van der Waals surface area contributed by atoms with Crippen LogP contribution in [0.2, 0.25) is 0 Å². The number of fused-ring (bicyclic) bond motifs is 1. The zero-order valence-electron chi connectivity index (χ0n) is 4.80. The second-order valence-electron chi connectivity index (χ2n) is 1.82. The molecule has 0 aromatic carbocycles. The zero-order valence-corrected chi connectivity index (χ0v) is 6.37. The fourth-order valence-electron chi connectivity index (χ4n) is 0.914. The topological polar surface area (TPSA) is 15.9 Å². The van der Waals surface area contributed by atoms with Crippen LogP contribution in [-0.2, 0) is 6.54 Å². The molecule has 1 aliphatic rings. The van der Waals surface area contributed by atoms with Gasteiger partial charge in [0.1, 0.15) is 13.1 Å². The molecule has 1 aliphatic heterocycles. The number of nitrogens with zero attached hydrogens (tertiary/aromatic N) is 1. The molecule has 2 nitrogen and oxygen atoms in total. The summed E-state index contributed by atoms with van der Waals surface area (Å²) in [4.78, 5) is 0. The van der Waals surface area contributed by atoms with Gasteiger partial charge in [0.2, 0.25) is 0 Å². The quantitative estimate of drug-likeness (QED) is 0.416. The molecule has 0 saturated heterocycles. The fourth-order valence-corrected chi connectivity index (χ4v) is 1.69. The summed E-state index contributed by atoms with van der Waals surface area (Å²) in [6.45, 7) is 2.25. The Hall–Kier alpha value is -0.280. The molecule has 1 aromatic rings. The smallest absolute Gasteiger partial charge is 0.286 e. The van der Waals surface area contributed by atoms with Crippen molar-refractivity contribution in [1.82, 2.24) is 0 Å². The zero-order chi connectivity index (χ0) is 5.40. The Labute approximate surface area is 64.1 Å². The van der Waals surface area contributed by atoms with Crippen molar-refractivity contribution < 1.29 is 16.4 Å². The van der Waals surface area contributed by atoms with Crippen molar-refractivity contribution in [2.75, 3.05) is 11.9 Å². The Morgan fingerprint density at radius 3 is 3.33 bits per heavy atom. The largest absolute Gasteiger partial charge is 1.00 e. The first-order valence-corrected chi connectivity index (χ1v) is 3.52. The van der Waals surface area contributed by atoms with Crippen molar-refractivity contribution in [2.45, 2.75) is 6.54 Å². The van der Waals surface area contributed by atoms with Crippen LogP contribution in [0.5, 0.6) is 0 Å². The summed E-state index contributed by atoms with van der Waals surface area (Å²) >= 11 is 1.77. The highest BCUT2D eigenvalue weighted by Gasteiger charge is 2.16. The van der Waals surface area contributed by atoms with Gasteiger partial charge in [-0.2, -0.15) is 3.96 Å². The third-order valence-electron chi connectivity index (χ3n) is 1.30. The van der Waals surface area contributed by atoms with Crippen LogP contribution in [0.4, 0.5) is 5.82 Å². The van der Waals surface area contributed by atoms with E-state index in [1.54, 1.807) is 11.5 Å². The van der Waals surface area contributed by atoms with Crippen LogP contribution < -0.4 is 21.7 Å². The molecule has 0 radical (unpaired) electrons. The minimum absolute atomic E-state index is 0. The van der Waals surface area contributed by atoms with E-state index < -0.39 is 0 Å². The first-order chi connectivity index (χ1) is 3.97. The van der Waals surface area contributed by atoms with Gasteiger partial charge < -0.3 is 12.4 Å². The first kappa shape index (κ1) is 6.83. The molecule has 0 amide bonds. The molecule has 2 heterocycles. The fraction of sp³-hybridized carbons (Fsp3) is 0.400. The van der Waals surface area contributed by atoms with Gasteiger partial charge in [-0.3, -0.25) is 5.32 Å². The number of halogens is 1. The number of aromatic nitrogens is 1. The lowest BCUT2D eigenvalue weighted by Gasteiger charge is -1.75. The van der Waals surface area contributed by atoms with Crippen molar-refractivity contribution in [3.8, 4) is 0 Å². The van der Waals surface area contributed by atoms with E-state index in [0.29, 0.717) is 0 Å². The van der Waals surface area contributed by atoms with Crippen molar-refractivity contribution in [2.24, 2.45) is 0 Å². The van der Waals surface area contributed by atoms with Gasteiger partial charge >= 0.3 is 0 Å². The average Bonchev–Trinajstić information content (AvgIpc) is 2.15. The van der Waals surface area contributed by atoms with Crippen LogP contribution in [0.15, 0.2) is 11.4 Å². The second-order valence-corrected chi connectivity index (χ2v) is 2.75. The molecular formula is C5H7ClN2S. The van der Waals surface area contributed by atoms with E-state index in [4.69, 9.17) is 0 Å². The molecule has 0 saturated carbocycles. The van der Waals surface area contributed by atoms with Gasteiger partial charge in [-0.15, -0.1) is 0 Å². The average molecular weight is 163 g/mol. The molecule has 0 aliphatic carbocycles. The predicted octanol–water partition coefficient (Wildman–Crippen LogP) is -2.53. The lowest BCUT2D eigenvalue weighted by atomic mass is 10.7. The number of hydrogen-bond donors (Lipinski definition) is 1. The molecule has 0 atom stereocenters. The normalized spacial score (nSPS) is 13.8. The molecule has 9 heavy (non-hydrogen) atoms. The number of nitrogens with one attached hydrogen (secondary N) is 1. The number of hydrogen-bond acceptors (Lipinski definition) is 2. The van der Waals surface area contributed by atoms with Crippen LogP contribution in [0.25, 0.3) is 0 Å². The third-order valence-corrected chi connectivity index (χ3v) is 2.20. The van der Waals surface area contributed by atoms with Gasteiger partial charge in [0.25, 0.3) is 5.82 Å². The molecule has 0 bridgehead atoms. The van der Waals surface area contributed by atoms with Crippen LogP contribution >= 0.6 is 11.5 Å². The summed E-state index contributed by atoms with van der Waals surface area (Å²) in [6.07, 6.45) is 0. The van der Waals surface area contributed by atoms with Crippen molar-refractivity contribution in [3.05, 3.63) is 11.4 Å². The highest BCUT2D eigenvalue weighted by molar-refractivity contribution is 6.99. The standard InChI is InChI=1S/C5H6N2S.ClH/c1-4-8-7-3-2-6-5(1)7;/h1,4H,2-3H2;1H. The molecule has 0 fully saturated rings. The van der Waals surface area contributed by atoms with Gasteiger partial charge in [0.15, 0.2) is 0 Å². The van der Waals surface area contributed by atoms with Crippen LogP contribution in [0.1, 0.15) is 0 Å². The number of rotatable bonds is 0. The van der Waals surface area contributed by atoms with Crippen LogP contribution in [0, 0.1) is 0 Å². The molecule has 4 heteroatoms. The van der Waals surface area contributed by atoms with Gasteiger partial charge in [-0.1, -0.05) is 0 Å². The Morgan fingerprint density at radius 1 is 1.67 bits per heavy atom. The molecule has 0 spiro atoms. The molecule has 1 aromatic heterocycles. The van der Waals surface area contributed by atoms with Crippen molar-refractivity contribution in [1.29, 1.82) is 0 Å². The van der Waals surface area contributed by atoms with Crippen molar-refractivity contribution >= 4 is 17.4 Å². The molecular weight excluding hydrogens is 156 g/mol. The van der Waals surface area contributed by atoms with Gasteiger partial charge in [0.05, 0.1) is 0 Å². The minimum atomic E-state index is 0. The van der Waals surface area contributed by atoms with E-state index in [-0.39, 0.29) is 12.4 Å². The van der Waals surface area contributed by atoms with E-state index in [1.807, 2.05) is 0 Å². The highest BCUT2D eigenvalue weighted by Crippen LogP contribution is 2.06. The summed E-state index contributed by atoms with van der Waals surface area (Å²) in [5, 5.41) is 5.35. The predicted molar refractivity (Wildman–Crippen MR) is 33.0 cm³/mol. The first-order valence-electron chi connectivity index (χ1n) is 2.68. The van der Waals surface area contributed by atoms with Crippen molar-refractivity contribution in [3.63, 3.8) is 0 Å². The maximum atomic E-state index is 3.25. The van der Waals surface area contributed by atoms with Crippen LogP contribution in [0.3, 0.4) is 0 Å². The van der Waals surface area contributed by atoms with Gasteiger partial charge in [-0.25, -0.2) is 0 Å².